The third-order valence-corrected chi connectivity index (χ3v) is 7.99. The van der Waals surface area contributed by atoms with Crippen molar-refractivity contribution in [2.75, 3.05) is 13.1 Å². The summed E-state index contributed by atoms with van der Waals surface area (Å²) in [7, 11) is -3.64. The van der Waals surface area contributed by atoms with Crippen LogP contribution in [-0.2, 0) is 14.8 Å². The van der Waals surface area contributed by atoms with Crippen LogP contribution in [0.4, 0.5) is 0 Å². The van der Waals surface area contributed by atoms with E-state index >= 15 is 0 Å². The number of aryl methyl sites for hydroxylation is 1. The summed E-state index contributed by atoms with van der Waals surface area (Å²) in [5.41, 5.74) is 0.779. The first-order valence-electron chi connectivity index (χ1n) is 7.13. The minimum Gasteiger partial charge on any atom is -0.481 e. The van der Waals surface area contributed by atoms with Crippen molar-refractivity contribution in [1.82, 2.24) is 9.29 Å². The molecule has 2 aromatic heterocycles. The number of sulfonamides is 1. The third kappa shape index (κ3) is 3.32. The lowest BCUT2D eigenvalue weighted by molar-refractivity contribution is -0.142. The maximum atomic E-state index is 12.7. The Morgan fingerprint density at radius 1 is 1.43 bits per heavy atom. The first kappa shape index (κ1) is 16.6. The molecule has 0 aliphatic carbocycles. The number of aromatic nitrogens is 1. The minimum absolute atomic E-state index is 0.0424. The molecule has 0 saturated carbocycles. The Balaban J connectivity index is 1.85. The third-order valence-electron chi connectivity index (χ3n) is 3.78. The summed E-state index contributed by atoms with van der Waals surface area (Å²) in [5.74, 6) is -1.56. The quantitative estimate of drug-likeness (QED) is 0.891. The molecule has 1 aliphatic heterocycles. The number of carbonyl (C=O) groups is 1. The number of hydrogen-bond donors (Lipinski definition) is 1. The number of carboxylic acids is 1. The summed E-state index contributed by atoms with van der Waals surface area (Å²) >= 11 is 2.69. The van der Waals surface area contributed by atoms with Gasteiger partial charge in [0.15, 0.2) is 0 Å². The summed E-state index contributed by atoms with van der Waals surface area (Å²) in [6.07, 6.45) is 1.09. The molecule has 1 unspecified atom stereocenters. The van der Waals surface area contributed by atoms with Gasteiger partial charge in [-0.05, 0) is 31.9 Å². The van der Waals surface area contributed by atoms with E-state index < -0.39 is 21.9 Å². The van der Waals surface area contributed by atoms with Gasteiger partial charge in [-0.3, -0.25) is 4.79 Å². The number of carboxylic acid groups (broad SMARTS) is 1. The number of thiophene rings is 1. The molecule has 1 saturated heterocycles. The van der Waals surface area contributed by atoms with E-state index in [-0.39, 0.29) is 10.8 Å². The predicted octanol–water partition coefficient (Wildman–Crippen LogP) is 2.67. The number of aliphatic carboxylic acids is 1. The molecule has 9 heteroatoms. The van der Waals surface area contributed by atoms with Crippen molar-refractivity contribution in [1.29, 1.82) is 0 Å². The van der Waals surface area contributed by atoms with E-state index in [2.05, 4.69) is 4.98 Å². The van der Waals surface area contributed by atoms with Crippen molar-refractivity contribution in [3.8, 4) is 10.6 Å². The number of hydrogen-bond acceptors (Lipinski definition) is 6. The summed E-state index contributed by atoms with van der Waals surface area (Å²) < 4.78 is 27.0. The molecule has 3 rings (SSSR count). The Kier molecular flexibility index (Phi) is 4.54. The van der Waals surface area contributed by atoms with Crippen LogP contribution in [0.3, 0.4) is 0 Å². The van der Waals surface area contributed by atoms with Crippen LogP contribution in [0.15, 0.2) is 21.7 Å². The van der Waals surface area contributed by atoms with Gasteiger partial charge >= 0.3 is 5.97 Å². The Hall–Kier alpha value is -1.29. The van der Waals surface area contributed by atoms with E-state index in [0.29, 0.717) is 19.4 Å². The highest BCUT2D eigenvalue weighted by molar-refractivity contribution is 7.91. The summed E-state index contributed by atoms with van der Waals surface area (Å²) in [4.78, 5) is 16.3. The minimum atomic E-state index is -3.64. The lowest BCUT2D eigenvalue weighted by Crippen LogP contribution is -2.41. The van der Waals surface area contributed by atoms with Crippen molar-refractivity contribution in [3.05, 3.63) is 22.5 Å². The van der Waals surface area contributed by atoms with Crippen molar-refractivity contribution in [3.63, 3.8) is 0 Å². The Morgan fingerprint density at radius 2 is 2.22 bits per heavy atom. The highest BCUT2D eigenvalue weighted by Gasteiger charge is 2.34. The Bertz CT molecular complexity index is 825. The van der Waals surface area contributed by atoms with Crippen LogP contribution in [0.5, 0.6) is 0 Å². The average molecular weight is 372 g/mol. The lowest BCUT2D eigenvalue weighted by atomic mass is 10.0. The van der Waals surface area contributed by atoms with Gasteiger partial charge in [-0.25, -0.2) is 13.4 Å². The zero-order valence-corrected chi connectivity index (χ0v) is 14.9. The van der Waals surface area contributed by atoms with Crippen molar-refractivity contribution >= 4 is 38.7 Å². The molecule has 0 radical (unpaired) electrons. The van der Waals surface area contributed by atoms with Gasteiger partial charge in [0.05, 0.1) is 21.5 Å². The molecule has 6 nitrogen and oxygen atoms in total. The van der Waals surface area contributed by atoms with Crippen molar-refractivity contribution < 1.29 is 18.3 Å². The molecule has 0 spiro atoms. The monoisotopic (exact) mass is 372 g/mol. The Morgan fingerprint density at radius 3 is 2.87 bits per heavy atom. The van der Waals surface area contributed by atoms with Gasteiger partial charge < -0.3 is 5.11 Å². The number of piperidine rings is 1. The molecule has 1 aliphatic rings. The van der Waals surface area contributed by atoms with E-state index in [4.69, 9.17) is 5.11 Å². The van der Waals surface area contributed by atoms with Gasteiger partial charge in [-0.2, -0.15) is 4.31 Å². The van der Waals surface area contributed by atoms with E-state index in [1.54, 1.807) is 12.1 Å². The van der Waals surface area contributed by atoms with Gasteiger partial charge in [-0.15, -0.1) is 22.7 Å². The molecule has 1 N–H and O–H groups in total. The second-order valence-electron chi connectivity index (χ2n) is 5.41. The molecule has 1 atom stereocenters. The van der Waals surface area contributed by atoms with Crippen LogP contribution >= 0.6 is 22.7 Å². The molecule has 1 fully saturated rings. The van der Waals surface area contributed by atoms with Crippen LogP contribution in [0, 0.1) is 12.8 Å². The highest BCUT2D eigenvalue weighted by atomic mass is 32.2. The molecular weight excluding hydrogens is 356 g/mol. The van der Waals surface area contributed by atoms with E-state index in [0.717, 1.165) is 15.6 Å². The number of thiazole rings is 1. The van der Waals surface area contributed by atoms with Crippen LogP contribution < -0.4 is 0 Å². The fourth-order valence-corrected chi connectivity index (χ4v) is 6.20. The average Bonchev–Trinajstić information content (AvgIpc) is 3.16. The standard InChI is InChI=1S/C14H16N2O4S3/c1-9-15-11(8-21-9)12-4-5-13(22-12)23(19,20)16-6-2-3-10(7-16)14(17)18/h4-5,8,10H,2-3,6-7H2,1H3,(H,17,18). The van der Waals surface area contributed by atoms with E-state index in [1.807, 2.05) is 12.3 Å². The van der Waals surface area contributed by atoms with E-state index in [9.17, 15) is 13.2 Å². The largest absolute Gasteiger partial charge is 0.481 e. The van der Waals surface area contributed by atoms with Gasteiger partial charge in [0.25, 0.3) is 10.0 Å². The first-order chi connectivity index (χ1) is 10.9. The summed E-state index contributed by atoms with van der Waals surface area (Å²) in [6, 6.07) is 3.33. The molecular formula is C14H16N2O4S3. The van der Waals surface area contributed by atoms with E-state index in [1.165, 1.54) is 27.0 Å². The van der Waals surface area contributed by atoms with Crippen molar-refractivity contribution in [2.24, 2.45) is 5.92 Å². The highest BCUT2D eigenvalue weighted by Crippen LogP contribution is 2.34. The van der Waals surface area contributed by atoms with Gasteiger partial charge in [-0.1, -0.05) is 0 Å². The topological polar surface area (TPSA) is 87.6 Å². The van der Waals surface area contributed by atoms with Gasteiger partial charge in [0, 0.05) is 18.5 Å². The fourth-order valence-electron chi connectivity index (χ4n) is 2.56. The first-order valence-corrected chi connectivity index (χ1v) is 10.3. The Labute approximate surface area is 142 Å². The summed E-state index contributed by atoms with van der Waals surface area (Å²) in [6.45, 7) is 2.31. The molecule has 0 bridgehead atoms. The maximum absolute atomic E-state index is 12.7. The molecule has 124 valence electrons. The smallest absolute Gasteiger partial charge is 0.307 e. The normalized spacial score (nSPS) is 19.8. The van der Waals surface area contributed by atoms with Gasteiger partial charge in [0.2, 0.25) is 0 Å². The molecule has 0 aromatic carbocycles. The number of nitrogens with zero attached hydrogens (tertiary/aromatic N) is 2. The van der Waals surface area contributed by atoms with Crippen LogP contribution in [-0.4, -0.2) is 41.9 Å². The van der Waals surface area contributed by atoms with Gasteiger partial charge in [0.1, 0.15) is 4.21 Å². The van der Waals surface area contributed by atoms with Crippen LogP contribution in [0.25, 0.3) is 10.6 Å². The molecule has 0 amide bonds. The maximum Gasteiger partial charge on any atom is 0.307 e. The summed E-state index contributed by atoms with van der Waals surface area (Å²) in [5, 5.41) is 12.0. The second kappa shape index (κ2) is 6.31. The van der Waals surface area contributed by atoms with Crippen molar-refractivity contribution in [2.45, 2.75) is 24.0 Å². The lowest BCUT2D eigenvalue weighted by Gasteiger charge is -2.29. The zero-order valence-electron chi connectivity index (χ0n) is 12.4. The SMILES string of the molecule is Cc1nc(-c2ccc(S(=O)(=O)N3CCCC(C(=O)O)C3)s2)cs1. The van der Waals surface area contributed by atoms with Crippen LogP contribution in [0.2, 0.25) is 0 Å². The predicted molar refractivity (Wildman–Crippen MR) is 89.3 cm³/mol. The van der Waals surface area contributed by atoms with Crippen LogP contribution in [0.1, 0.15) is 17.8 Å². The molecule has 2 aromatic rings. The molecule has 3 heterocycles. The molecule has 23 heavy (non-hydrogen) atoms. The zero-order chi connectivity index (χ0) is 16.6. The second-order valence-corrected chi connectivity index (χ2v) is 9.72. The number of rotatable bonds is 4. The fraction of sp³-hybridized carbons (Fsp3) is 0.429.